The maximum Gasteiger partial charge on any atom is 0.235 e. The van der Waals surface area contributed by atoms with Crippen LogP contribution >= 0.6 is 12.4 Å². The Morgan fingerprint density at radius 1 is 1.39 bits per heavy atom. The fourth-order valence-electron chi connectivity index (χ4n) is 2.11. The number of hydrogen-bond acceptors (Lipinski definition) is 4. The normalized spacial score (nSPS) is 23.8. The van der Waals surface area contributed by atoms with Crippen molar-refractivity contribution in [1.29, 1.82) is 0 Å². The van der Waals surface area contributed by atoms with Gasteiger partial charge in [-0.3, -0.25) is 4.79 Å². The van der Waals surface area contributed by atoms with E-state index in [4.69, 9.17) is 5.73 Å². The van der Waals surface area contributed by atoms with Crippen LogP contribution in [0, 0.1) is 5.92 Å². The fourth-order valence-corrected chi connectivity index (χ4v) is 2.89. The number of nitrogens with one attached hydrogen (secondary N) is 1. The predicted molar refractivity (Wildman–Crippen MR) is 74.5 cm³/mol. The number of carbonyl (C=O) groups excluding carboxylic acids is 1. The fraction of sp³-hybridized carbons (Fsp3) is 0.909. The lowest BCUT2D eigenvalue weighted by molar-refractivity contribution is -0.119. The summed E-state index contributed by atoms with van der Waals surface area (Å²) in [5.41, 5.74) is 5.61. The summed E-state index contributed by atoms with van der Waals surface area (Å²) in [6.45, 7) is 3.71. The van der Waals surface area contributed by atoms with Gasteiger partial charge in [-0.15, -0.1) is 12.4 Å². The number of carbonyl (C=O) groups is 1. The SMILES string of the molecule is CC(C)S(=O)(=O)CC(=O)NC1CCCC1CN.Cl. The maximum atomic E-state index is 11.6. The molecule has 1 amide bonds. The highest BCUT2D eigenvalue weighted by atomic mass is 35.5. The van der Waals surface area contributed by atoms with Crippen molar-refractivity contribution >= 4 is 28.2 Å². The lowest BCUT2D eigenvalue weighted by Crippen LogP contribution is -2.43. The molecule has 1 saturated carbocycles. The van der Waals surface area contributed by atoms with Crippen LogP contribution in [0.2, 0.25) is 0 Å². The lowest BCUT2D eigenvalue weighted by atomic mass is 10.0. The second-order valence-corrected chi connectivity index (χ2v) is 7.51. The Balaban J connectivity index is 0.00000289. The van der Waals surface area contributed by atoms with Crippen LogP contribution in [0.4, 0.5) is 0 Å². The quantitative estimate of drug-likeness (QED) is 0.772. The Morgan fingerprint density at radius 3 is 2.50 bits per heavy atom. The van der Waals surface area contributed by atoms with E-state index < -0.39 is 26.7 Å². The molecule has 3 N–H and O–H groups in total. The van der Waals surface area contributed by atoms with Gasteiger partial charge in [0, 0.05) is 6.04 Å². The molecule has 0 heterocycles. The Labute approximate surface area is 115 Å². The molecule has 0 saturated heterocycles. The minimum absolute atomic E-state index is 0. The van der Waals surface area contributed by atoms with E-state index >= 15 is 0 Å². The van der Waals surface area contributed by atoms with E-state index in [-0.39, 0.29) is 18.4 Å². The summed E-state index contributed by atoms with van der Waals surface area (Å²) in [6, 6.07) is 0.0508. The van der Waals surface area contributed by atoms with E-state index in [1.165, 1.54) is 0 Å². The molecule has 0 bridgehead atoms. The number of rotatable bonds is 5. The highest BCUT2D eigenvalue weighted by Gasteiger charge is 2.29. The molecule has 0 aromatic rings. The number of halogens is 1. The standard InChI is InChI=1S/C11H22N2O3S.ClH/c1-8(2)17(15,16)7-11(14)13-10-5-3-4-9(10)6-12;/h8-10H,3-7,12H2,1-2H3,(H,13,14);1H. The molecule has 2 atom stereocenters. The Bertz CT molecular complexity index is 370. The molecular formula is C11H23ClN2O3S. The molecule has 2 unspecified atom stereocenters. The van der Waals surface area contributed by atoms with E-state index in [2.05, 4.69) is 5.32 Å². The minimum atomic E-state index is -3.31. The van der Waals surface area contributed by atoms with E-state index in [9.17, 15) is 13.2 Å². The molecule has 7 heteroatoms. The Morgan fingerprint density at radius 2 is 2.00 bits per heavy atom. The second kappa shape index (κ2) is 7.31. The number of hydrogen-bond donors (Lipinski definition) is 2. The van der Waals surface area contributed by atoms with Gasteiger partial charge < -0.3 is 11.1 Å². The first-order valence-corrected chi connectivity index (χ1v) is 7.79. The predicted octanol–water partition coefficient (Wildman–Crippen LogP) is 0.475. The highest BCUT2D eigenvalue weighted by molar-refractivity contribution is 7.92. The second-order valence-electron chi connectivity index (χ2n) is 4.96. The van der Waals surface area contributed by atoms with Crippen molar-refractivity contribution in [2.24, 2.45) is 11.7 Å². The molecular weight excluding hydrogens is 276 g/mol. The summed E-state index contributed by atoms with van der Waals surface area (Å²) in [4.78, 5) is 11.6. The molecule has 0 aromatic carbocycles. The zero-order chi connectivity index (χ0) is 13.1. The van der Waals surface area contributed by atoms with Gasteiger partial charge >= 0.3 is 0 Å². The van der Waals surface area contributed by atoms with Gasteiger partial charge in [-0.1, -0.05) is 6.42 Å². The third kappa shape index (κ3) is 4.74. The van der Waals surface area contributed by atoms with E-state index in [0.29, 0.717) is 12.5 Å². The molecule has 0 radical (unpaired) electrons. The number of sulfone groups is 1. The zero-order valence-corrected chi connectivity index (χ0v) is 12.5. The van der Waals surface area contributed by atoms with Crippen molar-refractivity contribution in [2.75, 3.05) is 12.3 Å². The van der Waals surface area contributed by atoms with Crippen molar-refractivity contribution < 1.29 is 13.2 Å². The van der Waals surface area contributed by atoms with Crippen LogP contribution in [0.3, 0.4) is 0 Å². The van der Waals surface area contributed by atoms with Gasteiger partial charge in [0.2, 0.25) is 5.91 Å². The van der Waals surface area contributed by atoms with E-state index in [1.807, 2.05) is 0 Å². The first kappa shape index (κ1) is 17.7. The molecule has 5 nitrogen and oxygen atoms in total. The van der Waals surface area contributed by atoms with Crippen LogP contribution in [-0.2, 0) is 14.6 Å². The topological polar surface area (TPSA) is 89.3 Å². The van der Waals surface area contributed by atoms with Crippen molar-refractivity contribution in [2.45, 2.75) is 44.4 Å². The molecule has 18 heavy (non-hydrogen) atoms. The van der Waals surface area contributed by atoms with Crippen molar-refractivity contribution in [3.8, 4) is 0 Å². The molecule has 0 aromatic heterocycles. The van der Waals surface area contributed by atoms with Gasteiger partial charge in [-0.05, 0) is 39.2 Å². The molecule has 1 aliphatic rings. The summed E-state index contributed by atoms with van der Waals surface area (Å²) >= 11 is 0. The smallest absolute Gasteiger partial charge is 0.235 e. The minimum Gasteiger partial charge on any atom is -0.352 e. The highest BCUT2D eigenvalue weighted by Crippen LogP contribution is 2.24. The third-order valence-corrected chi connectivity index (χ3v) is 5.46. The molecule has 0 spiro atoms. The van der Waals surface area contributed by atoms with E-state index in [1.54, 1.807) is 13.8 Å². The average molecular weight is 299 g/mol. The maximum absolute atomic E-state index is 11.6. The average Bonchev–Trinajstić information content (AvgIpc) is 2.63. The molecule has 0 aliphatic heterocycles. The van der Waals surface area contributed by atoms with Crippen LogP contribution in [-0.4, -0.2) is 37.9 Å². The summed E-state index contributed by atoms with van der Waals surface area (Å²) in [5, 5.41) is 2.28. The van der Waals surface area contributed by atoms with Crippen LogP contribution < -0.4 is 11.1 Å². The van der Waals surface area contributed by atoms with Crippen molar-refractivity contribution in [3.05, 3.63) is 0 Å². The Kier molecular flexibility index (Phi) is 7.17. The summed E-state index contributed by atoms with van der Waals surface area (Å²) in [6.07, 6.45) is 2.96. The zero-order valence-electron chi connectivity index (χ0n) is 10.9. The van der Waals surface area contributed by atoms with Crippen molar-refractivity contribution in [3.63, 3.8) is 0 Å². The Hall–Kier alpha value is -0.330. The molecule has 1 rings (SSSR count). The van der Waals surface area contributed by atoms with Crippen LogP contribution in [0.1, 0.15) is 33.1 Å². The number of amides is 1. The summed E-state index contributed by atoms with van der Waals surface area (Å²) in [7, 11) is -3.31. The largest absolute Gasteiger partial charge is 0.352 e. The van der Waals surface area contributed by atoms with Gasteiger partial charge in [0.15, 0.2) is 9.84 Å². The number of nitrogens with two attached hydrogens (primary N) is 1. The van der Waals surface area contributed by atoms with Gasteiger partial charge in [0.25, 0.3) is 0 Å². The van der Waals surface area contributed by atoms with Gasteiger partial charge in [-0.25, -0.2) is 8.42 Å². The summed E-state index contributed by atoms with van der Waals surface area (Å²) in [5.74, 6) is -0.525. The van der Waals surface area contributed by atoms with Gasteiger partial charge in [-0.2, -0.15) is 0 Å². The molecule has 1 fully saturated rings. The third-order valence-electron chi connectivity index (χ3n) is 3.36. The van der Waals surface area contributed by atoms with Crippen LogP contribution in [0.5, 0.6) is 0 Å². The molecule has 108 valence electrons. The first-order valence-electron chi connectivity index (χ1n) is 6.08. The first-order chi connectivity index (χ1) is 7.86. The van der Waals surface area contributed by atoms with Gasteiger partial charge in [0.05, 0.1) is 5.25 Å². The lowest BCUT2D eigenvalue weighted by Gasteiger charge is -2.19. The van der Waals surface area contributed by atoms with Crippen LogP contribution in [0.25, 0.3) is 0 Å². The van der Waals surface area contributed by atoms with Crippen LogP contribution in [0.15, 0.2) is 0 Å². The molecule has 1 aliphatic carbocycles. The summed E-state index contributed by atoms with van der Waals surface area (Å²) < 4.78 is 23.2. The van der Waals surface area contributed by atoms with Gasteiger partial charge in [0.1, 0.15) is 5.75 Å². The van der Waals surface area contributed by atoms with E-state index in [0.717, 1.165) is 19.3 Å². The van der Waals surface area contributed by atoms with Crippen molar-refractivity contribution in [1.82, 2.24) is 5.32 Å². The monoisotopic (exact) mass is 298 g/mol.